The SMILES string of the molecule is CC(=C1c2ccc(Cc3c(C4CC4)nc4c(OC(F)F)cccn34)cc2COc2cc(F)ccc21)c1noc(=O)[nH]1. The first-order valence-electron chi connectivity index (χ1n) is 13.1. The lowest BCUT2D eigenvalue weighted by Crippen LogP contribution is -2.04. The van der Waals surface area contributed by atoms with E-state index in [2.05, 4.69) is 10.1 Å². The Hall–Kier alpha value is -4.80. The molecule has 1 aliphatic heterocycles. The molecule has 7 rings (SSSR count). The number of imidazole rings is 1. The van der Waals surface area contributed by atoms with Gasteiger partial charge in [-0.05, 0) is 66.3 Å². The Morgan fingerprint density at radius 3 is 2.76 bits per heavy atom. The Labute approximate surface area is 231 Å². The molecule has 11 heteroatoms. The Bertz CT molecular complexity index is 1900. The zero-order valence-electron chi connectivity index (χ0n) is 21.8. The van der Waals surface area contributed by atoms with Crippen LogP contribution in [0.4, 0.5) is 13.2 Å². The normalized spacial score (nSPS) is 15.8. The summed E-state index contributed by atoms with van der Waals surface area (Å²) in [5, 5.41) is 3.86. The summed E-state index contributed by atoms with van der Waals surface area (Å²) < 4.78 is 57.7. The maximum absolute atomic E-state index is 14.2. The van der Waals surface area contributed by atoms with Crippen LogP contribution in [0.15, 0.2) is 64.0 Å². The maximum atomic E-state index is 14.2. The largest absolute Gasteiger partial charge is 0.488 e. The van der Waals surface area contributed by atoms with Gasteiger partial charge in [-0.15, -0.1) is 0 Å². The lowest BCUT2D eigenvalue weighted by Gasteiger charge is -2.14. The van der Waals surface area contributed by atoms with Gasteiger partial charge in [0.25, 0.3) is 0 Å². The van der Waals surface area contributed by atoms with Crippen molar-refractivity contribution >= 4 is 16.8 Å². The molecule has 41 heavy (non-hydrogen) atoms. The van der Waals surface area contributed by atoms with Crippen LogP contribution in [0.2, 0.25) is 0 Å². The highest BCUT2D eigenvalue weighted by molar-refractivity contribution is 5.99. The van der Waals surface area contributed by atoms with E-state index in [0.29, 0.717) is 29.0 Å². The van der Waals surface area contributed by atoms with E-state index in [4.69, 9.17) is 19.0 Å². The van der Waals surface area contributed by atoms with Gasteiger partial charge >= 0.3 is 12.4 Å². The van der Waals surface area contributed by atoms with Crippen molar-refractivity contribution in [3.63, 3.8) is 0 Å². The van der Waals surface area contributed by atoms with Crippen LogP contribution in [0.25, 0.3) is 16.8 Å². The summed E-state index contributed by atoms with van der Waals surface area (Å²) in [6, 6.07) is 13.5. The van der Waals surface area contributed by atoms with Crippen molar-refractivity contribution in [2.75, 3.05) is 0 Å². The fourth-order valence-electron chi connectivity index (χ4n) is 5.51. The quantitative estimate of drug-likeness (QED) is 0.270. The van der Waals surface area contributed by atoms with Crippen LogP contribution in [0.1, 0.15) is 65.1 Å². The number of H-pyrrole nitrogens is 1. The smallest absolute Gasteiger partial charge is 0.439 e. The second kappa shape index (κ2) is 9.69. The summed E-state index contributed by atoms with van der Waals surface area (Å²) in [4.78, 5) is 19.0. The molecule has 2 aromatic carbocycles. The number of hydrogen-bond acceptors (Lipinski definition) is 6. The molecular formula is C30H23F3N4O4. The minimum atomic E-state index is -2.95. The highest BCUT2D eigenvalue weighted by atomic mass is 19.3. The van der Waals surface area contributed by atoms with Gasteiger partial charge < -0.3 is 13.9 Å². The number of benzene rings is 2. The minimum absolute atomic E-state index is 0.0344. The summed E-state index contributed by atoms with van der Waals surface area (Å²) in [7, 11) is 0. The molecule has 2 aliphatic rings. The van der Waals surface area contributed by atoms with Crippen molar-refractivity contribution in [2.45, 2.75) is 45.3 Å². The number of nitrogens with one attached hydrogen (secondary N) is 1. The molecule has 5 aromatic rings. The van der Waals surface area contributed by atoms with Gasteiger partial charge in [0.2, 0.25) is 0 Å². The topological polar surface area (TPSA) is 94.7 Å². The van der Waals surface area contributed by atoms with Gasteiger partial charge in [0.05, 0.1) is 11.4 Å². The number of pyridine rings is 1. The summed E-state index contributed by atoms with van der Waals surface area (Å²) >= 11 is 0. The molecule has 208 valence electrons. The molecule has 4 heterocycles. The van der Waals surface area contributed by atoms with E-state index in [0.717, 1.165) is 46.5 Å². The minimum Gasteiger partial charge on any atom is -0.488 e. The van der Waals surface area contributed by atoms with Gasteiger partial charge in [0.15, 0.2) is 17.2 Å². The number of ether oxygens (including phenoxy) is 2. The van der Waals surface area contributed by atoms with Crippen molar-refractivity contribution in [2.24, 2.45) is 0 Å². The summed E-state index contributed by atoms with van der Waals surface area (Å²) in [5.41, 5.74) is 6.83. The van der Waals surface area contributed by atoms with Gasteiger partial charge in [0.1, 0.15) is 18.2 Å². The molecule has 3 aromatic heterocycles. The molecule has 0 unspecified atom stereocenters. The first kappa shape index (κ1) is 25.2. The Morgan fingerprint density at radius 2 is 2.00 bits per heavy atom. The average molecular weight is 561 g/mol. The number of aromatic nitrogens is 4. The van der Waals surface area contributed by atoms with Crippen LogP contribution in [0.5, 0.6) is 11.5 Å². The fraction of sp³-hybridized carbons (Fsp3) is 0.233. The molecule has 0 bridgehead atoms. The Morgan fingerprint density at radius 1 is 1.17 bits per heavy atom. The number of aromatic amines is 1. The number of alkyl halides is 2. The molecule has 1 fully saturated rings. The van der Waals surface area contributed by atoms with E-state index in [1.54, 1.807) is 19.1 Å². The number of rotatable bonds is 6. The Kier molecular flexibility index (Phi) is 5.95. The summed E-state index contributed by atoms with van der Waals surface area (Å²) in [6.45, 7) is -0.965. The monoisotopic (exact) mass is 560 g/mol. The van der Waals surface area contributed by atoms with Crippen molar-refractivity contribution in [1.29, 1.82) is 0 Å². The third-order valence-electron chi connectivity index (χ3n) is 7.50. The highest BCUT2D eigenvalue weighted by Gasteiger charge is 2.31. The third-order valence-corrected chi connectivity index (χ3v) is 7.50. The maximum Gasteiger partial charge on any atom is 0.439 e. The van der Waals surface area contributed by atoms with Crippen LogP contribution >= 0.6 is 0 Å². The van der Waals surface area contributed by atoms with Crippen molar-refractivity contribution in [1.82, 2.24) is 19.5 Å². The van der Waals surface area contributed by atoms with Gasteiger partial charge in [-0.3, -0.25) is 9.51 Å². The second-order valence-electron chi connectivity index (χ2n) is 10.2. The van der Waals surface area contributed by atoms with E-state index in [1.807, 2.05) is 28.8 Å². The second-order valence-corrected chi connectivity index (χ2v) is 10.2. The number of nitrogens with zero attached hydrogens (tertiary/aromatic N) is 3. The predicted molar refractivity (Wildman–Crippen MR) is 142 cm³/mol. The van der Waals surface area contributed by atoms with E-state index < -0.39 is 18.2 Å². The van der Waals surface area contributed by atoms with E-state index in [-0.39, 0.29) is 24.1 Å². The van der Waals surface area contributed by atoms with Gasteiger partial charge in [-0.1, -0.05) is 23.4 Å². The zero-order chi connectivity index (χ0) is 28.2. The van der Waals surface area contributed by atoms with E-state index >= 15 is 0 Å². The van der Waals surface area contributed by atoms with Crippen molar-refractivity contribution < 1.29 is 27.2 Å². The molecule has 0 radical (unpaired) electrons. The predicted octanol–water partition coefficient (Wildman–Crippen LogP) is 6.09. The lowest BCUT2D eigenvalue weighted by molar-refractivity contribution is -0.0491. The third kappa shape index (κ3) is 4.56. The molecule has 0 atom stereocenters. The standard InChI is InChI=1S/C30H23F3N4O4/c1-15(27-35-30(38)41-36-27)25-20-8-4-16(11-18(20)14-39-24-13-19(31)7-9-21(24)25)12-22-26(17-5-6-17)34-28-23(40-29(32)33)3-2-10-37(22)28/h2-4,7-11,13,17,29H,5-6,12,14H2,1H3,(H,35,36,38). The van der Waals surface area contributed by atoms with Crippen molar-refractivity contribution in [3.8, 4) is 11.5 Å². The highest BCUT2D eigenvalue weighted by Crippen LogP contribution is 2.44. The average Bonchev–Trinajstić information content (AvgIpc) is 3.63. The van der Waals surface area contributed by atoms with Crippen LogP contribution in [-0.4, -0.2) is 26.1 Å². The number of hydrogen-bond donors (Lipinski definition) is 1. The number of allylic oxidation sites excluding steroid dienone is 1. The molecular weight excluding hydrogens is 537 g/mol. The molecule has 0 saturated heterocycles. The van der Waals surface area contributed by atoms with Crippen molar-refractivity contribution in [3.05, 3.63) is 111 Å². The first-order valence-corrected chi connectivity index (χ1v) is 13.1. The molecule has 1 N–H and O–H groups in total. The molecule has 0 spiro atoms. The summed E-state index contributed by atoms with van der Waals surface area (Å²) in [6.07, 6.45) is 4.29. The van der Waals surface area contributed by atoms with E-state index in [9.17, 15) is 18.0 Å². The van der Waals surface area contributed by atoms with Crippen LogP contribution in [0.3, 0.4) is 0 Å². The van der Waals surface area contributed by atoms with Crippen LogP contribution in [0, 0.1) is 5.82 Å². The Balaban J connectivity index is 1.34. The zero-order valence-corrected chi connectivity index (χ0v) is 21.8. The lowest BCUT2D eigenvalue weighted by atomic mass is 9.89. The van der Waals surface area contributed by atoms with Gasteiger partial charge in [-0.25, -0.2) is 14.2 Å². The van der Waals surface area contributed by atoms with Crippen LogP contribution in [-0.2, 0) is 13.0 Å². The van der Waals surface area contributed by atoms with Crippen LogP contribution < -0.4 is 15.2 Å². The number of fused-ring (bicyclic) bond motifs is 3. The first-order chi connectivity index (χ1) is 19.9. The van der Waals surface area contributed by atoms with E-state index in [1.165, 1.54) is 18.2 Å². The summed E-state index contributed by atoms with van der Waals surface area (Å²) in [5.74, 6) is -0.170. The molecule has 1 saturated carbocycles. The number of halogens is 3. The fourth-order valence-corrected chi connectivity index (χ4v) is 5.51. The van der Waals surface area contributed by atoms with Gasteiger partial charge in [-0.2, -0.15) is 8.78 Å². The molecule has 1 aliphatic carbocycles. The molecule has 0 amide bonds. The molecule has 8 nitrogen and oxygen atoms in total. The van der Waals surface area contributed by atoms with Gasteiger partial charge in [0, 0.05) is 35.7 Å².